The molecule has 5 rings (SSSR count). The summed E-state index contributed by atoms with van der Waals surface area (Å²) < 4.78 is 0. The largest absolute Gasteiger partial charge is 0.252 e. The van der Waals surface area contributed by atoms with Crippen LogP contribution in [0.3, 0.4) is 0 Å². The zero-order valence-electron chi connectivity index (χ0n) is 13.0. The van der Waals surface area contributed by atoms with Crippen LogP contribution < -0.4 is 0 Å². The molecule has 2 nitrogen and oxygen atoms in total. The fraction of sp³-hybridized carbons (Fsp3) is 0. The summed E-state index contributed by atoms with van der Waals surface area (Å²) in [6.45, 7) is 0. The Labute approximate surface area is 139 Å². The first-order valence-electron chi connectivity index (χ1n) is 8.02. The topological polar surface area (TPSA) is 25.8 Å². The van der Waals surface area contributed by atoms with Gasteiger partial charge in [0.05, 0.1) is 22.9 Å². The van der Waals surface area contributed by atoms with Crippen LogP contribution in [-0.4, -0.2) is 9.97 Å². The van der Waals surface area contributed by atoms with Crippen LogP contribution in [0.1, 0.15) is 0 Å². The van der Waals surface area contributed by atoms with E-state index in [1.165, 1.54) is 16.2 Å². The average molecular weight is 306 g/mol. The minimum Gasteiger partial charge on any atom is -0.252 e. The molecule has 0 saturated carbocycles. The maximum absolute atomic E-state index is 4.92. The third-order valence-corrected chi connectivity index (χ3v) is 4.48. The van der Waals surface area contributed by atoms with Gasteiger partial charge in [-0.05, 0) is 28.3 Å². The number of hydrogen-bond donors (Lipinski definition) is 0. The second-order valence-electron chi connectivity index (χ2n) is 5.97. The van der Waals surface area contributed by atoms with E-state index in [0.29, 0.717) is 0 Å². The van der Waals surface area contributed by atoms with Crippen LogP contribution in [0.25, 0.3) is 43.8 Å². The van der Waals surface area contributed by atoms with Crippen molar-refractivity contribution in [3.63, 3.8) is 0 Å². The fourth-order valence-corrected chi connectivity index (χ4v) is 3.23. The fourth-order valence-electron chi connectivity index (χ4n) is 3.23. The molecule has 2 heteroatoms. The molecule has 1 heterocycles. The molecule has 0 aliphatic heterocycles. The molecule has 4 aromatic carbocycles. The summed E-state index contributed by atoms with van der Waals surface area (Å²) in [4.78, 5) is 9.54. The molecule has 5 aromatic rings. The zero-order valence-corrected chi connectivity index (χ0v) is 13.0. The quantitative estimate of drug-likeness (QED) is 0.376. The van der Waals surface area contributed by atoms with Gasteiger partial charge in [-0.3, -0.25) is 4.98 Å². The maximum Gasteiger partial charge on any atom is 0.0972 e. The van der Waals surface area contributed by atoms with Crippen molar-refractivity contribution in [3.8, 4) is 11.3 Å². The van der Waals surface area contributed by atoms with Crippen molar-refractivity contribution in [3.05, 3.63) is 85.1 Å². The van der Waals surface area contributed by atoms with Crippen molar-refractivity contribution in [2.75, 3.05) is 0 Å². The molecule has 0 unspecified atom stereocenters. The van der Waals surface area contributed by atoms with E-state index in [1.807, 2.05) is 18.3 Å². The summed E-state index contributed by atoms with van der Waals surface area (Å²) in [5.41, 5.74) is 3.89. The Bertz CT molecular complexity index is 1210. The third-order valence-electron chi connectivity index (χ3n) is 4.48. The van der Waals surface area contributed by atoms with E-state index in [-0.39, 0.29) is 0 Å². The van der Waals surface area contributed by atoms with Crippen LogP contribution in [0.2, 0.25) is 0 Å². The number of nitrogens with zero attached hydrogens (tertiary/aromatic N) is 2. The van der Waals surface area contributed by atoms with E-state index >= 15 is 0 Å². The van der Waals surface area contributed by atoms with Gasteiger partial charge >= 0.3 is 0 Å². The van der Waals surface area contributed by atoms with E-state index in [4.69, 9.17) is 4.98 Å². The van der Waals surface area contributed by atoms with Crippen molar-refractivity contribution >= 4 is 32.6 Å². The number of fused-ring (bicyclic) bond motifs is 4. The molecule has 0 aliphatic carbocycles. The Morgan fingerprint density at radius 2 is 1.38 bits per heavy atom. The van der Waals surface area contributed by atoms with E-state index in [0.717, 1.165) is 27.7 Å². The Kier molecular flexibility index (Phi) is 2.83. The van der Waals surface area contributed by atoms with Gasteiger partial charge in [-0.15, -0.1) is 0 Å². The lowest BCUT2D eigenvalue weighted by Crippen LogP contribution is -1.90. The molecule has 0 spiro atoms. The summed E-state index contributed by atoms with van der Waals surface area (Å²) in [5, 5.41) is 4.79. The van der Waals surface area contributed by atoms with Gasteiger partial charge in [-0.1, -0.05) is 66.7 Å². The maximum atomic E-state index is 4.92. The van der Waals surface area contributed by atoms with E-state index in [2.05, 4.69) is 71.7 Å². The van der Waals surface area contributed by atoms with Crippen LogP contribution in [0.5, 0.6) is 0 Å². The van der Waals surface area contributed by atoms with Crippen LogP contribution in [0.4, 0.5) is 0 Å². The third kappa shape index (κ3) is 2.04. The monoisotopic (exact) mass is 306 g/mol. The standard InChI is InChI=1S/C22H14N2/c1-2-7-17-13-18(10-9-15(17)5-1)21-14-23-20-12-11-16-6-3-4-8-19(16)22(20)24-21/h1-14H. The highest BCUT2D eigenvalue weighted by Crippen LogP contribution is 2.27. The van der Waals surface area contributed by atoms with E-state index in [1.54, 1.807) is 0 Å². The number of aromatic nitrogens is 2. The number of benzene rings is 4. The first-order chi connectivity index (χ1) is 11.9. The lowest BCUT2D eigenvalue weighted by atomic mass is 10.0. The minimum atomic E-state index is 0.907. The second-order valence-corrected chi connectivity index (χ2v) is 5.97. The molecule has 1 aromatic heterocycles. The van der Waals surface area contributed by atoms with Crippen LogP contribution in [-0.2, 0) is 0 Å². The van der Waals surface area contributed by atoms with Gasteiger partial charge in [0, 0.05) is 10.9 Å². The van der Waals surface area contributed by atoms with Crippen LogP contribution >= 0.6 is 0 Å². The summed E-state index contributed by atoms with van der Waals surface area (Å²) in [6, 6.07) is 27.3. The SMILES string of the molecule is c1ccc2cc(-c3cnc4ccc5ccccc5c4n3)ccc2c1. The minimum absolute atomic E-state index is 0.907. The Hall–Kier alpha value is -3.26. The molecule has 0 bridgehead atoms. The molecular formula is C22H14N2. The van der Waals surface area contributed by atoms with Crippen molar-refractivity contribution in [2.45, 2.75) is 0 Å². The normalized spacial score (nSPS) is 11.3. The predicted molar refractivity (Wildman–Crippen MR) is 100.0 cm³/mol. The average Bonchev–Trinajstić information content (AvgIpc) is 2.67. The molecule has 0 radical (unpaired) electrons. The van der Waals surface area contributed by atoms with Gasteiger partial charge in [-0.2, -0.15) is 0 Å². The van der Waals surface area contributed by atoms with Crippen LogP contribution in [0, 0.1) is 0 Å². The Morgan fingerprint density at radius 1 is 0.625 bits per heavy atom. The van der Waals surface area contributed by atoms with Crippen molar-refractivity contribution in [1.29, 1.82) is 0 Å². The summed E-state index contributed by atoms with van der Waals surface area (Å²) in [6.07, 6.45) is 1.86. The summed E-state index contributed by atoms with van der Waals surface area (Å²) >= 11 is 0. The molecular weight excluding hydrogens is 292 g/mol. The van der Waals surface area contributed by atoms with Crippen molar-refractivity contribution in [1.82, 2.24) is 9.97 Å². The first-order valence-corrected chi connectivity index (χ1v) is 8.02. The van der Waals surface area contributed by atoms with Crippen molar-refractivity contribution < 1.29 is 0 Å². The number of rotatable bonds is 1. The first kappa shape index (κ1) is 13.2. The second kappa shape index (κ2) is 5.14. The lowest BCUT2D eigenvalue weighted by molar-refractivity contribution is 1.30. The van der Waals surface area contributed by atoms with Gasteiger partial charge in [0.1, 0.15) is 0 Å². The molecule has 24 heavy (non-hydrogen) atoms. The molecule has 0 aliphatic rings. The molecule has 0 N–H and O–H groups in total. The number of hydrogen-bond acceptors (Lipinski definition) is 2. The molecule has 0 fully saturated rings. The Morgan fingerprint density at radius 3 is 2.29 bits per heavy atom. The van der Waals surface area contributed by atoms with E-state index in [9.17, 15) is 0 Å². The Balaban J connectivity index is 1.77. The van der Waals surface area contributed by atoms with Gasteiger partial charge in [0.2, 0.25) is 0 Å². The van der Waals surface area contributed by atoms with Gasteiger partial charge in [0.25, 0.3) is 0 Å². The van der Waals surface area contributed by atoms with Crippen molar-refractivity contribution in [2.24, 2.45) is 0 Å². The predicted octanol–water partition coefficient (Wildman–Crippen LogP) is 5.60. The van der Waals surface area contributed by atoms with Crippen LogP contribution in [0.15, 0.2) is 85.1 Å². The summed E-state index contributed by atoms with van der Waals surface area (Å²) in [5.74, 6) is 0. The lowest BCUT2D eigenvalue weighted by Gasteiger charge is -2.07. The highest BCUT2D eigenvalue weighted by molar-refractivity contribution is 6.04. The highest BCUT2D eigenvalue weighted by Gasteiger charge is 2.06. The molecule has 0 atom stereocenters. The van der Waals surface area contributed by atoms with Gasteiger partial charge in [0.15, 0.2) is 0 Å². The summed E-state index contributed by atoms with van der Waals surface area (Å²) in [7, 11) is 0. The highest BCUT2D eigenvalue weighted by atomic mass is 14.8. The molecule has 0 amide bonds. The van der Waals surface area contributed by atoms with Gasteiger partial charge in [-0.25, -0.2) is 4.98 Å². The molecule has 112 valence electrons. The smallest absolute Gasteiger partial charge is 0.0972 e. The van der Waals surface area contributed by atoms with E-state index < -0.39 is 0 Å². The molecule has 0 saturated heterocycles. The zero-order chi connectivity index (χ0) is 15.9. The van der Waals surface area contributed by atoms with Gasteiger partial charge < -0.3 is 0 Å².